The van der Waals surface area contributed by atoms with Crippen LogP contribution in [0.2, 0.25) is 0 Å². The summed E-state index contributed by atoms with van der Waals surface area (Å²) in [5.41, 5.74) is 4.19. The molecule has 0 aromatic heterocycles. The molecule has 2 aromatic carbocycles. The minimum Gasteiger partial charge on any atom is -0.483 e. The molecular weight excluding hydrogens is 306 g/mol. The summed E-state index contributed by atoms with van der Waals surface area (Å²) in [5.74, 6) is 1.53. The van der Waals surface area contributed by atoms with Gasteiger partial charge in [-0.2, -0.15) is 0 Å². The van der Waals surface area contributed by atoms with Gasteiger partial charge in [-0.15, -0.1) is 11.8 Å². The van der Waals surface area contributed by atoms with Crippen LogP contribution in [0.5, 0.6) is 5.75 Å². The number of carbonyl (C=O) groups is 1. The van der Waals surface area contributed by atoms with Crippen LogP contribution in [-0.2, 0) is 11.3 Å². The fourth-order valence-corrected chi connectivity index (χ4v) is 2.93. The first-order valence-corrected chi connectivity index (χ1v) is 8.88. The Morgan fingerprint density at radius 2 is 1.96 bits per heavy atom. The van der Waals surface area contributed by atoms with Crippen molar-refractivity contribution in [3.8, 4) is 5.75 Å². The van der Waals surface area contributed by atoms with Gasteiger partial charge in [-0.05, 0) is 41.1 Å². The minimum atomic E-state index is 0.0430. The van der Waals surface area contributed by atoms with Gasteiger partial charge in [0.2, 0.25) is 5.91 Å². The van der Waals surface area contributed by atoms with Crippen LogP contribution < -0.4 is 9.64 Å². The van der Waals surface area contributed by atoms with Crippen molar-refractivity contribution in [3.63, 3.8) is 0 Å². The highest BCUT2D eigenvalue weighted by Crippen LogP contribution is 2.30. The fourth-order valence-electron chi connectivity index (χ4n) is 2.68. The van der Waals surface area contributed by atoms with Crippen molar-refractivity contribution in [2.24, 2.45) is 0 Å². The quantitative estimate of drug-likeness (QED) is 0.782. The summed E-state index contributed by atoms with van der Waals surface area (Å²) in [6.45, 7) is 2.17. The molecule has 1 aliphatic heterocycles. The summed E-state index contributed by atoms with van der Waals surface area (Å²) >= 11 is 1.64. The first-order valence-electron chi connectivity index (χ1n) is 7.49. The van der Waals surface area contributed by atoms with Gasteiger partial charge in [-0.1, -0.05) is 36.4 Å². The Morgan fingerprint density at radius 3 is 2.74 bits per heavy atom. The number of benzene rings is 2. The molecule has 3 nitrogen and oxygen atoms in total. The van der Waals surface area contributed by atoms with Crippen molar-refractivity contribution in [2.75, 3.05) is 17.1 Å². The van der Waals surface area contributed by atoms with E-state index in [0.29, 0.717) is 12.5 Å². The maximum absolute atomic E-state index is 12.1. The standard InChI is InChI=1S/C19H19NO2S/c1-14(21)20-12-17-9-10-18(22-13-23-2)11-16(17)8-7-15-5-3-4-6-19(15)20/h3-11H,12-13H2,1-2H3. The van der Waals surface area contributed by atoms with Crippen LogP contribution in [0.1, 0.15) is 23.6 Å². The van der Waals surface area contributed by atoms with E-state index in [4.69, 9.17) is 4.74 Å². The lowest BCUT2D eigenvalue weighted by atomic mass is 10.0. The number of para-hydroxylation sites is 1. The van der Waals surface area contributed by atoms with E-state index >= 15 is 0 Å². The Bertz CT molecular complexity index is 755. The number of amides is 1. The van der Waals surface area contributed by atoms with Crippen LogP contribution >= 0.6 is 11.8 Å². The van der Waals surface area contributed by atoms with Gasteiger partial charge in [0.1, 0.15) is 11.7 Å². The Hall–Kier alpha value is -2.20. The lowest BCUT2D eigenvalue weighted by molar-refractivity contribution is -0.116. The van der Waals surface area contributed by atoms with Crippen LogP contribution in [0.25, 0.3) is 12.2 Å². The molecule has 0 fully saturated rings. The maximum Gasteiger partial charge on any atom is 0.224 e. The molecule has 0 atom stereocenters. The highest BCUT2D eigenvalue weighted by molar-refractivity contribution is 7.98. The molecule has 2 aromatic rings. The van der Waals surface area contributed by atoms with Crippen LogP contribution in [-0.4, -0.2) is 18.1 Å². The number of thioether (sulfide) groups is 1. The molecule has 0 saturated heterocycles. The zero-order valence-corrected chi connectivity index (χ0v) is 14.1. The van der Waals surface area contributed by atoms with E-state index in [0.717, 1.165) is 28.1 Å². The van der Waals surface area contributed by atoms with Gasteiger partial charge in [0.15, 0.2) is 0 Å². The van der Waals surface area contributed by atoms with Crippen LogP contribution in [0.3, 0.4) is 0 Å². The molecule has 0 radical (unpaired) electrons. The smallest absolute Gasteiger partial charge is 0.224 e. The van der Waals surface area contributed by atoms with Gasteiger partial charge in [-0.3, -0.25) is 4.79 Å². The van der Waals surface area contributed by atoms with Crippen LogP contribution in [0.15, 0.2) is 42.5 Å². The highest BCUT2D eigenvalue weighted by atomic mass is 32.2. The third-order valence-corrected chi connectivity index (χ3v) is 4.19. The Balaban J connectivity index is 2.04. The molecule has 0 saturated carbocycles. The summed E-state index contributed by atoms with van der Waals surface area (Å²) in [4.78, 5) is 13.9. The van der Waals surface area contributed by atoms with E-state index in [1.54, 1.807) is 18.7 Å². The largest absolute Gasteiger partial charge is 0.483 e. The van der Waals surface area contributed by atoms with Crippen molar-refractivity contribution in [1.29, 1.82) is 0 Å². The van der Waals surface area contributed by atoms with E-state index in [1.807, 2.05) is 53.6 Å². The van der Waals surface area contributed by atoms with Crippen molar-refractivity contribution in [2.45, 2.75) is 13.5 Å². The number of hydrogen-bond donors (Lipinski definition) is 0. The topological polar surface area (TPSA) is 29.5 Å². The first-order chi connectivity index (χ1) is 11.2. The molecule has 23 heavy (non-hydrogen) atoms. The summed E-state index contributed by atoms with van der Waals surface area (Å²) < 4.78 is 5.69. The molecule has 1 heterocycles. The van der Waals surface area contributed by atoms with Gasteiger partial charge in [0, 0.05) is 6.92 Å². The second-order valence-corrected chi connectivity index (χ2v) is 6.22. The van der Waals surface area contributed by atoms with Gasteiger partial charge in [0.05, 0.1) is 12.2 Å². The van der Waals surface area contributed by atoms with Gasteiger partial charge < -0.3 is 9.64 Å². The van der Waals surface area contributed by atoms with Crippen molar-refractivity contribution in [3.05, 3.63) is 59.2 Å². The number of nitrogens with zero attached hydrogens (tertiary/aromatic N) is 1. The number of fused-ring (bicyclic) bond motifs is 2. The van der Waals surface area contributed by atoms with Gasteiger partial charge in [-0.25, -0.2) is 0 Å². The normalized spacial score (nSPS) is 12.9. The third-order valence-electron chi connectivity index (χ3n) is 3.84. The second-order valence-electron chi connectivity index (χ2n) is 5.41. The van der Waals surface area contributed by atoms with E-state index in [-0.39, 0.29) is 5.91 Å². The lowest BCUT2D eigenvalue weighted by Crippen LogP contribution is -2.29. The average molecular weight is 325 g/mol. The van der Waals surface area contributed by atoms with Gasteiger partial charge in [0.25, 0.3) is 0 Å². The van der Waals surface area contributed by atoms with Crippen molar-refractivity contribution in [1.82, 2.24) is 0 Å². The molecule has 1 aliphatic rings. The Morgan fingerprint density at radius 1 is 1.17 bits per heavy atom. The van der Waals surface area contributed by atoms with Crippen molar-refractivity contribution >= 4 is 35.5 Å². The molecule has 118 valence electrons. The molecule has 0 N–H and O–H groups in total. The minimum absolute atomic E-state index is 0.0430. The molecule has 4 heteroatoms. The number of anilines is 1. The second kappa shape index (κ2) is 6.92. The summed E-state index contributed by atoms with van der Waals surface area (Å²) in [7, 11) is 0. The number of carbonyl (C=O) groups excluding carboxylic acids is 1. The molecule has 0 unspecified atom stereocenters. The molecule has 0 spiro atoms. The number of ether oxygens (including phenoxy) is 1. The van der Waals surface area contributed by atoms with Gasteiger partial charge >= 0.3 is 0 Å². The fraction of sp³-hybridized carbons (Fsp3) is 0.211. The number of rotatable bonds is 3. The van der Waals surface area contributed by atoms with Crippen LogP contribution in [0, 0.1) is 0 Å². The monoisotopic (exact) mass is 325 g/mol. The van der Waals surface area contributed by atoms with E-state index in [2.05, 4.69) is 12.2 Å². The van der Waals surface area contributed by atoms with E-state index in [1.165, 1.54) is 0 Å². The predicted octanol–water partition coefficient (Wildman–Crippen LogP) is 4.42. The van der Waals surface area contributed by atoms with Crippen LogP contribution in [0.4, 0.5) is 5.69 Å². The molecule has 1 amide bonds. The van der Waals surface area contributed by atoms with Crippen molar-refractivity contribution < 1.29 is 9.53 Å². The first kappa shape index (κ1) is 15.7. The zero-order chi connectivity index (χ0) is 16.2. The lowest BCUT2D eigenvalue weighted by Gasteiger charge is -2.26. The predicted molar refractivity (Wildman–Crippen MR) is 97.7 cm³/mol. The summed E-state index contributed by atoms with van der Waals surface area (Å²) in [6.07, 6.45) is 6.16. The molecule has 0 bridgehead atoms. The molecule has 3 rings (SSSR count). The highest BCUT2D eigenvalue weighted by Gasteiger charge is 2.18. The molecular formula is C19H19NO2S. The Kier molecular flexibility index (Phi) is 4.72. The van der Waals surface area contributed by atoms with E-state index < -0.39 is 0 Å². The zero-order valence-electron chi connectivity index (χ0n) is 13.3. The average Bonchev–Trinajstić information content (AvgIpc) is 2.55. The Labute approximate surface area is 141 Å². The maximum atomic E-state index is 12.1. The summed E-state index contributed by atoms with van der Waals surface area (Å²) in [5, 5.41) is 0. The summed E-state index contributed by atoms with van der Waals surface area (Å²) in [6, 6.07) is 14.0. The SMILES string of the molecule is CSCOc1ccc2c(c1)C=Cc1ccccc1N(C(C)=O)C2. The third kappa shape index (κ3) is 3.42. The number of hydrogen-bond acceptors (Lipinski definition) is 3. The van der Waals surface area contributed by atoms with E-state index in [9.17, 15) is 4.79 Å². The molecule has 0 aliphatic carbocycles.